The third-order valence-corrected chi connectivity index (χ3v) is 4.76. The zero-order chi connectivity index (χ0) is 13.7. The first-order valence-corrected chi connectivity index (χ1v) is 8.17. The Kier molecular flexibility index (Phi) is 5.55. The van der Waals surface area contributed by atoms with Crippen LogP contribution in [0.3, 0.4) is 0 Å². The molecule has 19 heavy (non-hydrogen) atoms. The van der Waals surface area contributed by atoms with E-state index in [1.165, 1.54) is 35.7 Å². The van der Waals surface area contributed by atoms with Gasteiger partial charge in [0.2, 0.25) is 0 Å². The van der Waals surface area contributed by atoms with Gasteiger partial charge in [0.05, 0.1) is 0 Å². The average molecular weight is 279 g/mol. The highest BCUT2D eigenvalue weighted by atomic mass is 32.2. The zero-order valence-electron chi connectivity index (χ0n) is 12.0. The van der Waals surface area contributed by atoms with Crippen molar-refractivity contribution in [2.75, 3.05) is 50.1 Å². The van der Waals surface area contributed by atoms with Crippen LogP contribution in [0.2, 0.25) is 0 Å². The van der Waals surface area contributed by atoms with Crippen LogP contribution in [0.25, 0.3) is 0 Å². The molecule has 1 atom stereocenters. The number of benzene rings is 1. The normalized spacial score (nSPS) is 18.9. The third kappa shape index (κ3) is 3.88. The smallest absolute Gasteiger partial charge is 0.0470 e. The molecule has 0 radical (unpaired) electrons. The van der Waals surface area contributed by atoms with Gasteiger partial charge >= 0.3 is 0 Å². The molecule has 0 amide bonds. The number of nitrogens with zero attached hydrogens (tertiary/aromatic N) is 2. The molecule has 1 aliphatic heterocycles. The van der Waals surface area contributed by atoms with E-state index in [2.05, 4.69) is 59.9 Å². The first-order valence-electron chi connectivity index (χ1n) is 7.01. The highest BCUT2D eigenvalue weighted by Crippen LogP contribution is 2.24. The minimum atomic E-state index is 0.370. The lowest BCUT2D eigenvalue weighted by atomic mass is 10.0. The van der Waals surface area contributed by atoms with Crippen molar-refractivity contribution in [2.24, 2.45) is 5.73 Å². The highest BCUT2D eigenvalue weighted by molar-refractivity contribution is 7.99. The van der Waals surface area contributed by atoms with Gasteiger partial charge in [-0.25, -0.2) is 0 Å². The Balaban J connectivity index is 2.11. The van der Waals surface area contributed by atoms with Crippen molar-refractivity contribution in [2.45, 2.75) is 12.5 Å². The minimum Gasteiger partial charge on any atom is -0.378 e. The molecule has 2 N–H and O–H groups in total. The molecule has 0 spiro atoms. The topological polar surface area (TPSA) is 32.5 Å². The Morgan fingerprint density at radius 2 is 1.95 bits per heavy atom. The van der Waals surface area contributed by atoms with E-state index in [4.69, 9.17) is 5.73 Å². The molecule has 1 fully saturated rings. The van der Waals surface area contributed by atoms with Crippen molar-refractivity contribution in [3.8, 4) is 0 Å². The second-order valence-electron chi connectivity index (χ2n) is 5.24. The van der Waals surface area contributed by atoms with Crippen molar-refractivity contribution in [1.82, 2.24) is 4.90 Å². The van der Waals surface area contributed by atoms with Gasteiger partial charge < -0.3 is 10.6 Å². The van der Waals surface area contributed by atoms with Crippen molar-refractivity contribution in [1.29, 1.82) is 0 Å². The summed E-state index contributed by atoms with van der Waals surface area (Å²) < 4.78 is 0. The fraction of sp³-hybridized carbons (Fsp3) is 0.600. The van der Waals surface area contributed by atoms with E-state index in [0.29, 0.717) is 12.6 Å². The molecule has 1 aromatic rings. The van der Waals surface area contributed by atoms with Gasteiger partial charge in [0, 0.05) is 44.7 Å². The van der Waals surface area contributed by atoms with Crippen LogP contribution in [0.5, 0.6) is 0 Å². The van der Waals surface area contributed by atoms with Gasteiger partial charge in [0.15, 0.2) is 0 Å². The van der Waals surface area contributed by atoms with Crippen LogP contribution in [-0.2, 0) is 0 Å². The summed E-state index contributed by atoms with van der Waals surface area (Å²) in [6.45, 7) is 3.03. The number of hydrogen-bond acceptors (Lipinski definition) is 4. The molecular weight excluding hydrogens is 254 g/mol. The number of hydrogen-bond donors (Lipinski definition) is 1. The molecule has 3 nitrogen and oxygen atoms in total. The third-order valence-electron chi connectivity index (χ3n) is 3.72. The Labute approximate surface area is 121 Å². The largest absolute Gasteiger partial charge is 0.378 e. The number of nitrogens with two attached hydrogens (primary N) is 1. The lowest BCUT2D eigenvalue weighted by Crippen LogP contribution is -2.35. The summed E-state index contributed by atoms with van der Waals surface area (Å²) in [6, 6.07) is 9.19. The maximum Gasteiger partial charge on any atom is 0.0470 e. The number of rotatable bonds is 4. The van der Waals surface area contributed by atoms with Gasteiger partial charge in [-0.1, -0.05) is 12.1 Å². The molecule has 1 heterocycles. The number of anilines is 1. The predicted molar refractivity (Wildman–Crippen MR) is 86.1 cm³/mol. The Morgan fingerprint density at radius 1 is 1.21 bits per heavy atom. The molecule has 0 aliphatic carbocycles. The molecule has 1 aromatic carbocycles. The molecular formula is C15H25N3S. The van der Waals surface area contributed by atoms with Crippen LogP contribution in [-0.4, -0.2) is 50.1 Å². The second-order valence-corrected chi connectivity index (χ2v) is 6.46. The van der Waals surface area contributed by atoms with Crippen LogP contribution in [0.1, 0.15) is 18.0 Å². The maximum absolute atomic E-state index is 6.03. The van der Waals surface area contributed by atoms with E-state index in [1.807, 2.05) is 0 Å². The molecule has 0 bridgehead atoms. The maximum atomic E-state index is 6.03. The number of thioether (sulfide) groups is 1. The second kappa shape index (κ2) is 7.17. The molecule has 1 unspecified atom stereocenters. The van der Waals surface area contributed by atoms with Crippen molar-refractivity contribution in [3.05, 3.63) is 29.8 Å². The van der Waals surface area contributed by atoms with Crippen LogP contribution < -0.4 is 10.6 Å². The summed E-state index contributed by atoms with van der Waals surface area (Å²) in [5.74, 6) is 2.51. The summed E-state index contributed by atoms with van der Waals surface area (Å²) in [5, 5.41) is 0. The quantitative estimate of drug-likeness (QED) is 0.916. The first kappa shape index (κ1) is 14.7. The van der Waals surface area contributed by atoms with Crippen molar-refractivity contribution < 1.29 is 0 Å². The van der Waals surface area contributed by atoms with E-state index in [0.717, 1.165) is 6.54 Å². The Morgan fingerprint density at radius 3 is 2.58 bits per heavy atom. The van der Waals surface area contributed by atoms with Crippen molar-refractivity contribution >= 4 is 17.4 Å². The lowest BCUT2D eigenvalue weighted by Gasteiger charge is -2.30. The first-order chi connectivity index (χ1) is 9.22. The van der Waals surface area contributed by atoms with Crippen LogP contribution in [0, 0.1) is 0 Å². The van der Waals surface area contributed by atoms with Crippen molar-refractivity contribution in [3.63, 3.8) is 0 Å². The van der Waals surface area contributed by atoms with Gasteiger partial charge in [0.25, 0.3) is 0 Å². The summed E-state index contributed by atoms with van der Waals surface area (Å²) in [4.78, 5) is 4.68. The zero-order valence-corrected chi connectivity index (χ0v) is 12.8. The summed E-state index contributed by atoms with van der Waals surface area (Å²) in [7, 11) is 4.14. The summed E-state index contributed by atoms with van der Waals surface area (Å²) >= 11 is 2.06. The molecule has 4 heteroatoms. The van der Waals surface area contributed by atoms with Crippen LogP contribution in [0.15, 0.2) is 24.3 Å². The fourth-order valence-corrected chi connectivity index (χ4v) is 3.47. The lowest BCUT2D eigenvalue weighted by molar-refractivity contribution is 0.218. The SMILES string of the molecule is CN(C)c1ccc(C(CN)N2CCCSCC2)cc1. The van der Waals surface area contributed by atoms with E-state index in [-0.39, 0.29) is 0 Å². The molecule has 2 rings (SSSR count). The van der Waals surface area contributed by atoms with Gasteiger partial charge in [0.1, 0.15) is 0 Å². The van der Waals surface area contributed by atoms with Gasteiger partial charge in [-0.05, 0) is 36.4 Å². The molecule has 1 aliphatic rings. The standard InChI is InChI=1S/C15H25N3S/c1-17(2)14-6-4-13(5-7-14)15(12-16)18-8-3-10-19-11-9-18/h4-7,15H,3,8-12,16H2,1-2H3. The van der Waals surface area contributed by atoms with Gasteiger partial charge in [-0.2, -0.15) is 11.8 Å². The van der Waals surface area contributed by atoms with Crippen LogP contribution in [0.4, 0.5) is 5.69 Å². The Bertz CT molecular complexity index is 369. The van der Waals surface area contributed by atoms with E-state index in [1.54, 1.807) is 0 Å². The van der Waals surface area contributed by atoms with Crippen LogP contribution >= 0.6 is 11.8 Å². The molecule has 0 aromatic heterocycles. The van der Waals surface area contributed by atoms with E-state index in [9.17, 15) is 0 Å². The summed E-state index contributed by atoms with van der Waals surface area (Å²) in [6.07, 6.45) is 1.27. The monoisotopic (exact) mass is 279 g/mol. The summed E-state index contributed by atoms with van der Waals surface area (Å²) in [5.41, 5.74) is 8.61. The van der Waals surface area contributed by atoms with Gasteiger partial charge in [-0.3, -0.25) is 4.90 Å². The highest BCUT2D eigenvalue weighted by Gasteiger charge is 2.20. The molecule has 0 saturated carbocycles. The molecule has 1 saturated heterocycles. The molecule has 106 valence electrons. The predicted octanol–water partition coefficient (Wildman–Crippen LogP) is 2.19. The van der Waals surface area contributed by atoms with Gasteiger partial charge in [-0.15, -0.1) is 0 Å². The minimum absolute atomic E-state index is 0.370. The van der Waals surface area contributed by atoms with E-state index < -0.39 is 0 Å². The average Bonchev–Trinajstić information content (AvgIpc) is 2.69. The fourth-order valence-electron chi connectivity index (χ4n) is 2.57. The Hall–Kier alpha value is -0.710. The van der Waals surface area contributed by atoms with E-state index >= 15 is 0 Å².